The lowest BCUT2D eigenvalue weighted by Gasteiger charge is -2.09. The van der Waals surface area contributed by atoms with E-state index in [-0.39, 0.29) is 11.5 Å². The molecule has 21 heavy (non-hydrogen) atoms. The Bertz CT molecular complexity index is 649. The Morgan fingerprint density at radius 3 is 2.76 bits per heavy atom. The van der Waals surface area contributed by atoms with Crippen molar-refractivity contribution in [3.63, 3.8) is 0 Å². The lowest BCUT2D eigenvalue weighted by molar-refractivity contribution is -0.384. The number of rotatable bonds is 6. The normalized spacial score (nSPS) is 10.2. The van der Waals surface area contributed by atoms with E-state index in [0.29, 0.717) is 18.9 Å². The van der Waals surface area contributed by atoms with Gasteiger partial charge in [0.05, 0.1) is 4.92 Å². The summed E-state index contributed by atoms with van der Waals surface area (Å²) >= 11 is 3.42. The maximum atomic E-state index is 10.9. The van der Waals surface area contributed by atoms with Crippen molar-refractivity contribution in [1.82, 2.24) is 4.98 Å². The van der Waals surface area contributed by atoms with E-state index >= 15 is 0 Å². The van der Waals surface area contributed by atoms with E-state index < -0.39 is 4.92 Å². The van der Waals surface area contributed by atoms with E-state index in [9.17, 15) is 10.1 Å². The number of nitrogens with zero attached hydrogens (tertiary/aromatic N) is 2. The van der Waals surface area contributed by atoms with Crippen LogP contribution in [0.4, 0.5) is 17.3 Å². The van der Waals surface area contributed by atoms with E-state index in [4.69, 9.17) is 0 Å². The van der Waals surface area contributed by atoms with Crippen LogP contribution in [-0.2, 0) is 6.54 Å². The second-order valence-corrected chi connectivity index (χ2v) is 5.25. The van der Waals surface area contributed by atoms with Crippen LogP contribution < -0.4 is 10.6 Å². The Kier molecular flexibility index (Phi) is 5.10. The fourth-order valence-corrected chi connectivity index (χ4v) is 2.28. The zero-order chi connectivity index (χ0) is 15.2. The maximum absolute atomic E-state index is 10.9. The minimum Gasteiger partial charge on any atom is -0.366 e. The summed E-state index contributed by atoms with van der Waals surface area (Å²) in [7, 11) is 0. The summed E-state index contributed by atoms with van der Waals surface area (Å²) in [6.45, 7) is 3.03. The highest BCUT2D eigenvalue weighted by Gasteiger charge is 2.15. The van der Waals surface area contributed by atoms with Crippen LogP contribution in [-0.4, -0.2) is 16.5 Å². The van der Waals surface area contributed by atoms with Gasteiger partial charge in [-0.05, 0) is 30.7 Å². The summed E-state index contributed by atoms with van der Waals surface area (Å²) in [5, 5.41) is 17.0. The Morgan fingerprint density at radius 2 is 2.10 bits per heavy atom. The quantitative estimate of drug-likeness (QED) is 0.611. The van der Waals surface area contributed by atoms with Gasteiger partial charge in [-0.1, -0.05) is 28.1 Å². The van der Waals surface area contributed by atoms with Crippen LogP contribution >= 0.6 is 15.9 Å². The lowest BCUT2D eigenvalue weighted by Crippen LogP contribution is -2.07. The SMILES string of the molecule is CCNc1nc(NCc2cccc(Br)c2)ccc1[N+](=O)[O-]. The summed E-state index contributed by atoms with van der Waals surface area (Å²) in [5.74, 6) is 0.873. The molecule has 0 radical (unpaired) electrons. The number of pyridine rings is 1. The van der Waals surface area contributed by atoms with Gasteiger partial charge in [-0.15, -0.1) is 0 Å². The first-order valence-electron chi connectivity index (χ1n) is 6.47. The van der Waals surface area contributed by atoms with Gasteiger partial charge in [0.25, 0.3) is 0 Å². The highest BCUT2D eigenvalue weighted by atomic mass is 79.9. The van der Waals surface area contributed by atoms with E-state index in [1.807, 2.05) is 31.2 Å². The third kappa shape index (κ3) is 4.16. The minimum atomic E-state index is -0.441. The van der Waals surface area contributed by atoms with E-state index in [2.05, 4.69) is 31.5 Å². The van der Waals surface area contributed by atoms with Crippen LogP contribution in [0.5, 0.6) is 0 Å². The van der Waals surface area contributed by atoms with E-state index in [1.165, 1.54) is 6.07 Å². The number of halogens is 1. The Balaban J connectivity index is 2.13. The maximum Gasteiger partial charge on any atom is 0.311 e. The molecule has 0 aliphatic rings. The predicted molar refractivity (Wildman–Crippen MR) is 86.5 cm³/mol. The molecule has 0 saturated heterocycles. The van der Waals surface area contributed by atoms with Crippen molar-refractivity contribution >= 4 is 33.3 Å². The number of anilines is 2. The molecule has 2 aromatic rings. The number of nitrogens with one attached hydrogen (secondary N) is 2. The van der Waals surface area contributed by atoms with Crippen LogP contribution in [0.25, 0.3) is 0 Å². The highest BCUT2D eigenvalue weighted by Crippen LogP contribution is 2.24. The van der Waals surface area contributed by atoms with Gasteiger partial charge in [-0.25, -0.2) is 4.98 Å². The first-order chi connectivity index (χ1) is 10.1. The molecule has 1 heterocycles. The second kappa shape index (κ2) is 7.03. The smallest absolute Gasteiger partial charge is 0.311 e. The van der Waals surface area contributed by atoms with Crippen LogP contribution in [0, 0.1) is 10.1 Å². The van der Waals surface area contributed by atoms with Crippen LogP contribution in [0.1, 0.15) is 12.5 Å². The summed E-state index contributed by atoms with van der Waals surface area (Å²) in [6.07, 6.45) is 0. The van der Waals surface area contributed by atoms with Gasteiger partial charge in [-0.3, -0.25) is 10.1 Å². The molecular weight excluding hydrogens is 336 g/mol. The van der Waals surface area contributed by atoms with Crippen molar-refractivity contribution in [3.8, 4) is 0 Å². The first kappa shape index (κ1) is 15.2. The van der Waals surface area contributed by atoms with Crippen LogP contribution in [0.15, 0.2) is 40.9 Å². The number of aromatic nitrogens is 1. The van der Waals surface area contributed by atoms with Gasteiger partial charge < -0.3 is 10.6 Å². The van der Waals surface area contributed by atoms with Crippen molar-refractivity contribution in [2.24, 2.45) is 0 Å². The first-order valence-corrected chi connectivity index (χ1v) is 7.27. The van der Waals surface area contributed by atoms with Crippen molar-refractivity contribution < 1.29 is 4.92 Å². The number of benzene rings is 1. The average molecular weight is 351 g/mol. The Morgan fingerprint density at radius 1 is 1.29 bits per heavy atom. The fraction of sp³-hybridized carbons (Fsp3) is 0.214. The molecule has 110 valence electrons. The molecule has 0 aliphatic carbocycles. The molecule has 0 atom stereocenters. The van der Waals surface area contributed by atoms with Crippen molar-refractivity contribution in [3.05, 3.63) is 56.5 Å². The van der Waals surface area contributed by atoms with E-state index in [1.54, 1.807) is 6.07 Å². The zero-order valence-corrected chi connectivity index (χ0v) is 13.1. The molecule has 7 heteroatoms. The van der Waals surface area contributed by atoms with Gasteiger partial charge in [-0.2, -0.15) is 0 Å². The summed E-state index contributed by atoms with van der Waals surface area (Å²) in [5.41, 5.74) is 1.07. The number of hydrogen-bond acceptors (Lipinski definition) is 5. The summed E-state index contributed by atoms with van der Waals surface area (Å²) in [4.78, 5) is 14.7. The summed E-state index contributed by atoms with van der Waals surface area (Å²) in [6, 6.07) is 11.0. The molecule has 0 amide bonds. The lowest BCUT2D eigenvalue weighted by atomic mass is 10.2. The average Bonchev–Trinajstić information content (AvgIpc) is 2.45. The van der Waals surface area contributed by atoms with Gasteiger partial charge in [0, 0.05) is 23.6 Å². The molecule has 2 N–H and O–H groups in total. The molecule has 1 aromatic carbocycles. The predicted octanol–water partition coefficient (Wildman–Crippen LogP) is 3.80. The molecule has 0 spiro atoms. The van der Waals surface area contributed by atoms with Crippen molar-refractivity contribution in [2.75, 3.05) is 17.2 Å². The van der Waals surface area contributed by atoms with Crippen LogP contribution in [0.2, 0.25) is 0 Å². The fourth-order valence-electron chi connectivity index (χ4n) is 1.83. The Labute approximate surface area is 130 Å². The van der Waals surface area contributed by atoms with Gasteiger partial charge in [0.15, 0.2) is 0 Å². The monoisotopic (exact) mass is 350 g/mol. The standard InChI is InChI=1S/C14H15BrN4O2/c1-2-16-14-12(19(20)21)6-7-13(18-14)17-9-10-4-3-5-11(15)8-10/h3-8H,2,9H2,1H3,(H2,16,17,18). The third-order valence-corrected chi connectivity index (χ3v) is 3.27. The van der Waals surface area contributed by atoms with E-state index in [0.717, 1.165) is 10.0 Å². The molecule has 0 bridgehead atoms. The van der Waals surface area contributed by atoms with Crippen molar-refractivity contribution in [1.29, 1.82) is 0 Å². The molecule has 6 nitrogen and oxygen atoms in total. The molecule has 1 aromatic heterocycles. The van der Waals surface area contributed by atoms with Gasteiger partial charge >= 0.3 is 5.69 Å². The minimum absolute atomic E-state index is 0.0233. The van der Waals surface area contributed by atoms with Crippen molar-refractivity contribution in [2.45, 2.75) is 13.5 Å². The number of nitro groups is 1. The highest BCUT2D eigenvalue weighted by molar-refractivity contribution is 9.10. The molecule has 0 saturated carbocycles. The summed E-state index contributed by atoms with van der Waals surface area (Å²) < 4.78 is 1.01. The number of hydrogen-bond donors (Lipinski definition) is 2. The topological polar surface area (TPSA) is 80.1 Å². The molecule has 0 aliphatic heterocycles. The third-order valence-electron chi connectivity index (χ3n) is 2.78. The zero-order valence-electron chi connectivity index (χ0n) is 11.5. The van der Waals surface area contributed by atoms with Gasteiger partial charge in [0.1, 0.15) is 5.82 Å². The molecular formula is C14H15BrN4O2. The second-order valence-electron chi connectivity index (χ2n) is 4.34. The molecule has 2 rings (SSSR count). The largest absolute Gasteiger partial charge is 0.366 e. The van der Waals surface area contributed by atoms with Gasteiger partial charge in [0.2, 0.25) is 5.82 Å². The Hall–Kier alpha value is -2.15. The van der Waals surface area contributed by atoms with Crippen LogP contribution in [0.3, 0.4) is 0 Å². The molecule has 0 fully saturated rings. The molecule has 0 unspecified atom stereocenters.